The maximum absolute atomic E-state index is 12.4. The first kappa shape index (κ1) is 24.3. The van der Waals surface area contributed by atoms with Gasteiger partial charge in [-0.3, -0.25) is 9.59 Å². The molecule has 4 atom stereocenters. The van der Waals surface area contributed by atoms with Crippen LogP contribution in [0.2, 0.25) is 0 Å². The van der Waals surface area contributed by atoms with Crippen molar-refractivity contribution in [2.45, 2.75) is 115 Å². The van der Waals surface area contributed by atoms with Crippen molar-refractivity contribution < 1.29 is 24.5 Å². The lowest BCUT2D eigenvalue weighted by molar-refractivity contribution is -0.140. The highest BCUT2D eigenvalue weighted by molar-refractivity contribution is 5.84. The maximum Gasteiger partial charge on any atom is 0.305 e. The number of aliphatic hydroxyl groups is 2. The zero-order valence-electron chi connectivity index (χ0n) is 18.5. The molecule has 0 saturated heterocycles. The predicted molar refractivity (Wildman–Crippen MR) is 113 cm³/mol. The second-order valence-electron chi connectivity index (χ2n) is 9.45. The molecule has 0 aromatic rings. The Balaban J connectivity index is 1.70. The molecule has 0 bridgehead atoms. The number of hydrogen-bond donors (Lipinski definition) is 2. The van der Waals surface area contributed by atoms with Crippen LogP contribution in [-0.4, -0.2) is 41.3 Å². The molecule has 2 aliphatic rings. The van der Waals surface area contributed by atoms with Gasteiger partial charge in [-0.25, -0.2) is 0 Å². The minimum Gasteiger partial charge on any atom is -0.469 e. The third kappa shape index (κ3) is 6.78. The van der Waals surface area contributed by atoms with Crippen molar-refractivity contribution in [1.29, 1.82) is 0 Å². The van der Waals surface area contributed by atoms with Crippen LogP contribution in [0.1, 0.15) is 103 Å². The lowest BCUT2D eigenvalue weighted by Gasteiger charge is -2.46. The van der Waals surface area contributed by atoms with Crippen LogP contribution in [0, 0.1) is 17.3 Å². The number of aliphatic hydroxyl groups excluding tert-OH is 2. The van der Waals surface area contributed by atoms with Gasteiger partial charge in [0.25, 0.3) is 0 Å². The van der Waals surface area contributed by atoms with E-state index >= 15 is 0 Å². The molecule has 0 heterocycles. The fourth-order valence-corrected chi connectivity index (χ4v) is 5.61. The zero-order valence-corrected chi connectivity index (χ0v) is 18.5. The molecule has 5 nitrogen and oxygen atoms in total. The third-order valence-corrected chi connectivity index (χ3v) is 7.53. The van der Waals surface area contributed by atoms with E-state index < -0.39 is 6.10 Å². The van der Waals surface area contributed by atoms with E-state index in [1.807, 2.05) is 0 Å². The Morgan fingerprint density at radius 1 is 1.17 bits per heavy atom. The van der Waals surface area contributed by atoms with E-state index in [1.54, 1.807) is 0 Å². The number of ketones is 1. The van der Waals surface area contributed by atoms with Crippen LogP contribution in [-0.2, 0) is 14.3 Å². The van der Waals surface area contributed by atoms with Gasteiger partial charge in [0.05, 0.1) is 19.3 Å². The van der Waals surface area contributed by atoms with Crippen molar-refractivity contribution in [3.05, 3.63) is 0 Å². The summed E-state index contributed by atoms with van der Waals surface area (Å²) in [5.74, 6) is 0.0624. The Morgan fingerprint density at radius 2 is 1.90 bits per heavy atom. The third-order valence-electron chi connectivity index (χ3n) is 7.53. The van der Waals surface area contributed by atoms with Crippen LogP contribution < -0.4 is 0 Å². The highest BCUT2D eigenvalue weighted by Crippen LogP contribution is 2.49. The quantitative estimate of drug-likeness (QED) is 0.324. The molecule has 0 aliphatic heterocycles. The summed E-state index contributed by atoms with van der Waals surface area (Å²) in [4.78, 5) is 23.5. The predicted octanol–water partition coefficient (Wildman–Crippen LogP) is 4.57. The van der Waals surface area contributed by atoms with Crippen LogP contribution in [0.4, 0.5) is 0 Å². The van der Waals surface area contributed by atoms with Crippen molar-refractivity contribution in [3.8, 4) is 0 Å². The number of ether oxygens (including phenoxy) is 1. The first-order chi connectivity index (χ1) is 13.9. The maximum atomic E-state index is 12.4. The molecule has 0 spiro atoms. The summed E-state index contributed by atoms with van der Waals surface area (Å²) in [5.41, 5.74) is 0.141. The van der Waals surface area contributed by atoms with E-state index in [0.29, 0.717) is 12.8 Å². The molecule has 2 fully saturated rings. The molecule has 2 rings (SSSR count). The molecule has 2 saturated carbocycles. The number of rotatable bonds is 14. The van der Waals surface area contributed by atoms with Gasteiger partial charge >= 0.3 is 5.97 Å². The lowest BCUT2D eigenvalue weighted by atomic mass is 9.61. The van der Waals surface area contributed by atoms with Crippen molar-refractivity contribution in [1.82, 2.24) is 0 Å². The lowest BCUT2D eigenvalue weighted by Crippen LogP contribution is -2.41. The van der Waals surface area contributed by atoms with Crippen LogP contribution in [0.5, 0.6) is 0 Å². The number of Topliss-reactive ketones (excluding diaryl/α,β-unsaturated/α-hetero) is 1. The number of esters is 1. The molecule has 2 aliphatic carbocycles. The van der Waals surface area contributed by atoms with Crippen molar-refractivity contribution in [2.75, 3.05) is 7.11 Å². The van der Waals surface area contributed by atoms with Gasteiger partial charge in [-0.1, -0.05) is 45.4 Å². The summed E-state index contributed by atoms with van der Waals surface area (Å²) in [6, 6.07) is 0. The Hall–Kier alpha value is -0.940. The largest absolute Gasteiger partial charge is 0.469 e. The molecule has 0 unspecified atom stereocenters. The summed E-state index contributed by atoms with van der Waals surface area (Å²) in [5, 5.41) is 21.1. The van der Waals surface area contributed by atoms with Crippen molar-refractivity contribution in [3.63, 3.8) is 0 Å². The van der Waals surface area contributed by atoms with E-state index in [0.717, 1.165) is 77.0 Å². The van der Waals surface area contributed by atoms with Crippen molar-refractivity contribution in [2.24, 2.45) is 17.3 Å². The van der Waals surface area contributed by atoms with Gasteiger partial charge in [-0.05, 0) is 56.3 Å². The first-order valence-corrected chi connectivity index (χ1v) is 11.9. The molecule has 0 aromatic heterocycles. The molecule has 29 heavy (non-hydrogen) atoms. The van der Waals surface area contributed by atoms with Crippen LogP contribution in [0.3, 0.4) is 0 Å². The van der Waals surface area contributed by atoms with Crippen molar-refractivity contribution >= 4 is 11.8 Å². The molecule has 168 valence electrons. The Bertz CT molecular complexity index is 513. The van der Waals surface area contributed by atoms with E-state index in [1.165, 1.54) is 13.5 Å². The molecule has 0 aromatic carbocycles. The fourth-order valence-electron chi connectivity index (χ4n) is 5.61. The molecular formula is C24H42O5. The summed E-state index contributed by atoms with van der Waals surface area (Å²) in [6.07, 6.45) is 12.8. The molecule has 0 radical (unpaired) electrons. The van der Waals surface area contributed by atoms with Gasteiger partial charge in [-0.2, -0.15) is 0 Å². The minimum atomic E-state index is -0.516. The molecular weight excluding hydrogens is 368 g/mol. The number of hydrogen-bond acceptors (Lipinski definition) is 5. The standard InChI is InChI=1S/C24H42O5/c1-3-14-24(15-9-16-24)22(27)12-8-11-19-18(20(25)17-21(19)26)10-6-4-5-7-13-23(28)29-2/h18-19,21-22,26-27H,3-17H2,1-2H3/t18-,19-,21-,22-/m1/s1. The fraction of sp³-hybridized carbons (Fsp3) is 0.917. The first-order valence-electron chi connectivity index (χ1n) is 11.9. The van der Waals surface area contributed by atoms with E-state index in [9.17, 15) is 19.8 Å². The van der Waals surface area contributed by atoms with Crippen LogP contribution >= 0.6 is 0 Å². The Morgan fingerprint density at radius 3 is 2.52 bits per heavy atom. The normalized spacial score (nSPS) is 26.9. The summed E-state index contributed by atoms with van der Waals surface area (Å²) in [7, 11) is 1.41. The van der Waals surface area contributed by atoms with E-state index in [-0.39, 0.29) is 35.1 Å². The molecule has 0 amide bonds. The van der Waals surface area contributed by atoms with Gasteiger partial charge < -0.3 is 14.9 Å². The highest BCUT2D eigenvalue weighted by Gasteiger charge is 2.43. The monoisotopic (exact) mass is 410 g/mol. The summed E-state index contributed by atoms with van der Waals surface area (Å²) in [6.45, 7) is 2.19. The van der Waals surface area contributed by atoms with Gasteiger partial charge in [0.2, 0.25) is 0 Å². The van der Waals surface area contributed by atoms with Gasteiger partial charge in [0.15, 0.2) is 0 Å². The number of unbranched alkanes of at least 4 members (excludes halogenated alkanes) is 3. The zero-order chi connectivity index (χ0) is 21.3. The van der Waals surface area contributed by atoms with Gasteiger partial charge in [-0.15, -0.1) is 0 Å². The minimum absolute atomic E-state index is 0.0314. The van der Waals surface area contributed by atoms with Crippen LogP contribution in [0.25, 0.3) is 0 Å². The second-order valence-corrected chi connectivity index (χ2v) is 9.45. The molecule has 5 heteroatoms. The number of methoxy groups -OCH3 is 1. The summed E-state index contributed by atoms with van der Waals surface area (Å²) >= 11 is 0. The van der Waals surface area contributed by atoms with Gasteiger partial charge in [0, 0.05) is 18.8 Å². The average Bonchev–Trinajstić information content (AvgIpc) is 2.93. The van der Waals surface area contributed by atoms with E-state index in [2.05, 4.69) is 11.7 Å². The summed E-state index contributed by atoms with van der Waals surface area (Å²) < 4.78 is 4.65. The highest BCUT2D eigenvalue weighted by atomic mass is 16.5. The Labute approximate surface area is 176 Å². The number of carbonyl (C=O) groups excluding carboxylic acids is 2. The molecule has 2 N–H and O–H groups in total. The average molecular weight is 411 g/mol. The SMILES string of the molecule is CCCC1([C@H](O)CCC[C@H]2[C@H](O)CC(=O)[C@@H]2CCCCCCC(=O)OC)CCC1. The van der Waals surface area contributed by atoms with E-state index in [4.69, 9.17) is 0 Å². The van der Waals surface area contributed by atoms with Gasteiger partial charge in [0.1, 0.15) is 5.78 Å². The second kappa shape index (κ2) is 12.0. The number of carbonyl (C=O) groups is 2. The van der Waals surface area contributed by atoms with Crippen LogP contribution in [0.15, 0.2) is 0 Å². The topological polar surface area (TPSA) is 83.8 Å². The smallest absolute Gasteiger partial charge is 0.305 e. The Kier molecular flexibility index (Phi) is 10.1.